The Kier molecular flexibility index (Phi) is 5.75. The zero-order chi connectivity index (χ0) is 18.2. The van der Waals surface area contributed by atoms with Crippen LogP contribution in [0.1, 0.15) is 48.1 Å². The molecule has 2 N–H and O–H groups in total. The molecule has 4 nitrogen and oxygen atoms in total. The van der Waals surface area contributed by atoms with Crippen LogP contribution in [-0.2, 0) is 18.6 Å². The molecule has 2 atom stereocenters. The standard InChI is InChI=1S/C18H20BrClN2O2S/c1-10-5-6-18(24,14-7-11(19)3-4-12(10)14)8-15-13(9-23)16(20)22-17(21-15)25-2/h3-4,7,10,23-24H,5-6,8-9H2,1-2H3. The molecule has 0 fully saturated rings. The maximum atomic E-state index is 11.5. The number of hydrogen-bond donors (Lipinski definition) is 2. The Morgan fingerprint density at radius 3 is 2.84 bits per heavy atom. The van der Waals surface area contributed by atoms with Gasteiger partial charge in [-0.25, -0.2) is 9.97 Å². The van der Waals surface area contributed by atoms with Gasteiger partial charge in [0.05, 0.1) is 17.9 Å². The number of aliphatic hydroxyl groups excluding tert-OH is 1. The fraction of sp³-hybridized carbons (Fsp3) is 0.444. The molecule has 7 heteroatoms. The monoisotopic (exact) mass is 442 g/mol. The average molecular weight is 444 g/mol. The second-order valence-corrected chi connectivity index (χ2v) is 8.51. The molecule has 0 spiro atoms. The van der Waals surface area contributed by atoms with Crippen molar-refractivity contribution in [3.8, 4) is 0 Å². The Labute approximate surface area is 165 Å². The van der Waals surface area contributed by atoms with Crippen LogP contribution in [0, 0.1) is 0 Å². The first-order valence-electron chi connectivity index (χ1n) is 8.10. The van der Waals surface area contributed by atoms with E-state index >= 15 is 0 Å². The highest BCUT2D eigenvalue weighted by Gasteiger charge is 2.38. The summed E-state index contributed by atoms with van der Waals surface area (Å²) < 4.78 is 0.937. The second kappa shape index (κ2) is 7.53. The lowest BCUT2D eigenvalue weighted by molar-refractivity contribution is 0.0143. The lowest BCUT2D eigenvalue weighted by Crippen LogP contribution is -2.35. The zero-order valence-corrected chi connectivity index (χ0v) is 17.2. The molecule has 0 radical (unpaired) electrons. The molecule has 1 aliphatic rings. The number of aliphatic hydroxyl groups is 2. The molecule has 2 aromatic rings. The molecule has 1 aliphatic carbocycles. The summed E-state index contributed by atoms with van der Waals surface area (Å²) in [6.45, 7) is 1.93. The van der Waals surface area contributed by atoms with Gasteiger partial charge in [-0.05, 0) is 48.3 Å². The summed E-state index contributed by atoms with van der Waals surface area (Å²) in [6, 6.07) is 6.07. The minimum absolute atomic E-state index is 0.249. The van der Waals surface area contributed by atoms with E-state index in [1.54, 1.807) is 0 Å². The van der Waals surface area contributed by atoms with Crippen LogP contribution in [0.15, 0.2) is 27.8 Å². The van der Waals surface area contributed by atoms with Gasteiger partial charge >= 0.3 is 0 Å². The lowest BCUT2D eigenvalue weighted by atomic mass is 9.72. The van der Waals surface area contributed by atoms with Gasteiger partial charge in [-0.2, -0.15) is 0 Å². The lowest BCUT2D eigenvalue weighted by Gasteiger charge is -2.37. The van der Waals surface area contributed by atoms with Crippen molar-refractivity contribution >= 4 is 39.3 Å². The highest BCUT2D eigenvalue weighted by molar-refractivity contribution is 9.10. The maximum Gasteiger partial charge on any atom is 0.188 e. The Bertz CT molecular complexity index is 805. The fourth-order valence-electron chi connectivity index (χ4n) is 3.44. The Hall–Kier alpha value is -0.660. The summed E-state index contributed by atoms with van der Waals surface area (Å²) in [7, 11) is 0. The third-order valence-corrected chi connectivity index (χ3v) is 6.21. The van der Waals surface area contributed by atoms with Gasteiger partial charge in [0.1, 0.15) is 5.15 Å². The number of thioether (sulfide) groups is 1. The molecular weight excluding hydrogens is 424 g/mol. The summed E-state index contributed by atoms with van der Waals surface area (Å²) >= 11 is 11.1. The summed E-state index contributed by atoms with van der Waals surface area (Å²) in [5.41, 5.74) is 2.14. The Morgan fingerprint density at radius 2 is 2.16 bits per heavy atom. The van der Waals surface area contributed by atoms with Crippen LogP contribution in [0.5, 0.6) is 0 Å². The van der Waals surface area contributed by atoms with Gasteiger partial charge in [-0.1, -0.05) is 52.3 Å². The SMILES string of the molecule is CSc1nc(Cl)c(CO)c(CC2(O)CCC(C)c3ccc(Br)cc32)n1. The summed E-state index contributed by atoms with van der Waals surface area (Å²) in [5, 5.41) is 22.0. The van der Waals surface area contributed by atoms with E-state index in [0.717, 1.165) is 22.0 Å². The smallest absolute Gasteiger partial charge is 0.188 e. The van der Waals surface area contributed by atoms with Crippen LogP contribution in [0.25, 0.3) is 0 Å². The number of aromatic nitrogens is 2. The molecule has 134 valence electrons. The van der Waals surface area contributed by atoms with Crippen LogP contribution in [0.4, 0.5) is 0 Å². The molecule has 1 heterocycles. The summed E-state index contributed by atoms with van der Waals surface area (Å²) in [4.78, 5) is 8.69. The number of rotatable bonds is 4. The Morgan fingerprint density at radius 1 is 1.40 bits per heavy atom. The van der Waals surface area contributed by atoms with Gasteiger partial charge in [0.2, 0.25) is 0 Å². The first kappa shape index (κ1) is 19.1. The van der Waals surface area contributed by atoms with Crippen molar-refractivity contribution in [1.82, 2.24) is 9.97 Å². The minimum atomic E-state index is -1.04. The predicted molar refractivity (Wildman–Crippen MR) is 104 cm³/mol. The van der Waals surface area contributed by atoms with Gasteiger partial charge < -0.3 is 10.2 Å². The first-order valence-corrected chi connectivity index (χ1v) is 10.5. The zero-order valence-electron chi connectivity index (χ0n) is 14.1. The van der Waals surface area contributed by atoms with E-state index in [-0.39, 0.29) is 11.8 Å². The summed E-state index contributed by atoms with van der Waals surface area (Å²) in [5.74, 6) is 0.399. The molecule has 3 rings (SSSR count). The molecule has 1 aromatic carbocycles. The molecular formula is C18H20BrClN2O2S. The molecule has 0 aliphatic heterocycles. The third kappa shape index (κ3) is 3.74. The maximum absolute atomic E-state index is 11.5. The van der Waals surface area contributed by atoms with Gasteiger partial charge in [-0.15, -0.1) is 0 Å². The van der Waals surface area contributed by atoms with Crippen LogP contribution in [0.2, 0.25) is 5.15 Å². The number of hydrogen-bond acceptors (Lipinski definition) is 5. The van der Waals surface area contributed by atoms with Crippen molar-refractivity contribution in [3.05, 3.63) is 50.2 Å². The van der Waals surface area contributed by atoms with Crippen molar-refractivity contribution in [2.75, 3.05) is 6.26 Å². The average Bonchev–Trinajstić information content (AvgIpc) is 2.58. The highest BCUT2D eigenvalue weighted by Crippen LogP contribution is 2.44. The van der Waals surface area contributed by atoms with E-state index in [1.165, 1.54) is 11.8 Å². The van der Waals surface area contributed by atoms with Gasteiger partial charge in [0.15, 0.2) is 5.16 Å². The molecule has 0 saturated carbocycles. The van der Waals surface area contributed by atoms with E-state index in [2.05, 4.69) is 38.9 Å². The fourth-order valence-corrected chi connectivity index (χ4v) is 4.48. The normalized spacial score (nSPS) is 22.7. The number of nitrogens with zero attached hydrogens (tertiary/aromatic N) is 2. The van der Waals surface area contributed by atoms with E-state index in [4.69, 9.17) is 11.6 Å². The summed E-state index contributed by atoms with van der Waals surface area (Å²) in [6.07, 6.45) is 3.71. The van der Waals surface area contributed by atoms with Crippen LogP contribution in [-0.4, -0.2) is 26.4 Å². The van der Waals surface area contributed by atoms with Crippen molar-refractivity contribution in [2.24, 2.45) is 0 Å². The number of benzene rings is 1. The second-order valence-electron chi connectivity index (χ2n) is 6.46. The third-order valence-electron chi connectivity index (χ3n) is 4.86. The van der Waals surface area contributed by atoms with E-state index in [9.17, 15) is 10.2 Å². The van der Waals surface area contributed by atoms with Gasteiger partial charge in [0.25, 0.3) is 0 Å². The first-order chi connectivity index (χ1) is 11.9. The van der Waals surface area contributed by atoms with Crippen molar-refractivity contribution in [2.45, 2.75) is 49.5 Å². The molecule has 1 aromatic heterocycles. The molecule has 2 unspecified atom stereocenters. The van der Waals surface area contributed by atoms with E-state index in [1.807, 2.05) is 18.4 Å². The van der Waals surface area contributed by atoms with Gasteiger partial charge in [-0.3, -0.25) is 0 Å². The highest BCUT2D eigenvalue weighted by atomic mass is 79.9. The van der Waals surface area contributed by atoms with Crippen LogP contribution in [0.3, 0.4) is 0 Å². The predicted octanol–water partition coefficient (Wildman–Crippen LogP) is 4.43. The molecule has 0 saturated heterocycles. The van der Waals surface area contributed by atoms with Crippen molar-refractivity contribution < 1.29 is 10.2 Å². The van der Waals surface area contributed by atoms with Crippen molar-refractivity contribution in [3.63, 3.8) is 0 Å². The molecule has 25 heavy (non-hydrogen) atoms. The number of halogens is 2. The largest absolute Gasteiger partial charge is 0.391 e. The minimum Gasteiger partial charge on any atom is -0.391 e. The topological polar surface area (TPSA) is 66.2 Å². The molecule has 0 bridgehead atoms. The van der Waals surface area contributed by atoms with Crippen LogP contribution >= 0.6 is 39.3 Å². The van der Waals surface area contributed by atoms with E-state index in [0.29, 0.717) is 35.2 Å². The number of fused-ring (bicyclic) bond motifs is 1. The van der Waals surface area contributed by atoms with Crippen LogP contribution < -0.4 is 0 Å². The quantitative estimate of drug-likeness (QED) is 0.415. The van der Waals surface area contributed by atoms with Gasteiger partial charge in [0, 0.05) is 16.5 Å². The van der Waals surface area contributed by atoms with Crippen molar-refractivity contribution in [1.29, 1.82) is 0 Å². The van der Waals surface area contributed by atoms with E-state index < -0.39 is 5.60 Å². The molecule has 0 amide bonds. The Balaban J connectivity index is 2.08.